The van der Waals surface area contributed by atoms with Crippen molar-refractivity contribution in [1.29, 1.82) is 0 Å². The molecule has 28 heavy (non-hydrogen) atoms. The van der Waals surface area contributed by atoms with Crippen LogP contribution in [0.2, 0.25) is 0 Å². The summed E-state index contributed by atoms with van der Waals surface area (Å²) < 4.78 is 5.39. The molecule has 1 fully saturated rings. The topological polar surface area (TPSA) is 94.2 Å². The standard InChI is InChI=1S/C19H26N8O/c1-26(2)15-5-3-4-14(12-15)23-19-24-16-17(21-13-22-18(16)25-19)20-6-7-27-8-10-28-11-9-27/h3-5,12-13H,6-11H2,1-2H3,(H3,20,21,22,23,24,25). The van der Waals surface area contributed by atoms with Crippen LogP contribution in [0.4, 0.5) is 23.1 Å². The van der Waals surface area contributed by atoms with Crippen LogP contribution in [-0.4, -0.2) is 78.3 Å². The molecule has 0 saturated carbocycles. The monoisotopic (exact) mass is 382 g/mol. The number of aromatic nitrogens is 4. The summed E-state index contributed by atoms with van der Waals surface area (Å²) >= 11 is 0. The van der Waals surface area contributed by atoms with E-state index in [1.165, 1.54) is 6.33 Å². The van der Waals surface area contributed by atoms with Crippen molar-refractivity contribution in [2.24, 2.45) is 0 Å². The van der Waals surface area contributed by atoms with Crippen molar-refractivity contribution in [3.8, 4) is 0 Å². The molecular weight excluding hydrogens is 356 g/mol. The van der Waals surface area contributed by atoms with Gasteiger partial charge in [-0.25, -0.2) is 9.97 Å². The van der Waals surface area contributed by atoms with Gasteiger partial charge in [-0.15, -0.1) is 0 Å². The first kappa shape index (κ1) is 18.5. The third-order valence-corrected chi connectivity index (χ3v) is 4.74. The van der Waals surface area contributed by atoms with Gasteiger partial charge in [0.2, 0.25) is 5.95 Å². The summed E-state index contributed by atoms with van der Waals surface area (Å²) in [4.78, 5) is 20.9. The zero-order chi connectivity index (χ0) is 19.3. The van der Waals surface area contributed by atoms with E-state index in [0.29, 0.717) is 11.6 Å². The Morgan fingerprint density at radius 2 is 2.07 bits per heavy atom. The zero-order valence-electron chi connectivity index (χ0n) is 16.3. The van der Waals surface area contributed by atoms with Gasteiger partial charge < -0.3 is 25.3 Å². The minimum atomic E-state index is 0.634. The minimum Gasteiger partial charge on any atom is -0.379 e. The second-order valence-electron chi connectivity index (χ2n) is 6.96. The lowest BCUT2D eigenvalue weighted by Crippen LogP contribution is -2.39. The van der Waals surface area contributed by atoms with Crippen LogP contribution in [-0.2, 0) is 4.74 Å². The van der Waals surface area contributed by atoms with E-state index in [2.05, 4.69) is 52.5 Å². The van der Waals surface area contributed by atoms with Gasteiger partial charge in [-0.1, -0.05) is 6.07 Å². The van der Waals surface area contributed by atoms with E-state index in [1.54, 1.807) is 0 Å². The van der Waals surface area contributed by atoms with E-state index in [4.69, 9.17) is 4.74 Å². The Balaban J connectivity index is 1.45. The van der Waals surface area contributed by atoms with Crippen LogP contribution < -0.4 is 15.5 Å². The zero-order valence-corrected chi connectivity index (χ0v) is 16.3. The Bertz CT molecular complexity index is 919. The summed E-state index contributed by atoms with van der Waals surface area (Å²) in [6.07, 6.45) is 1.54. The summed E-state index contributed by atoms with van der Waals surface area (Å²) in [5, 5.41) is 6.71. The van der Waals surface area contributed by atoms with E-state index >= 15 is 0 Å². The van der Waals surface area contributed by atoms with Crippen molar-refractivity contribution in [2.45, 2.75) is 0 Å². The number of nitrogens with one attached hydrogen (secondary N) is 3. The van der Waals surface area contributed by atoms with Crippen LogP contribution in [0.3, 0.4) is 0 Å². The Morgan fingerprint density at radius 1 is 1.21 bits per heavy atom. The molecule has 0 bridgehead atoms. The summed E-state index contributed by atoms with van der Waals surface area (Å²) in [7, 11) is 4.04. The molecule has 4 rings (SSSR count). The van der Waals surface area contributed by atoms with E-state index in [1.807, 2.05) is 26.2 Å². The van der Waals surface area contributed by atoms with Crippen LogP contribution >= 0.6 is 0 Å². The molecule has 3 aromatic rings. The van der Waals surface area contributed by atoms with Gasteiger partial charge >= 0.3 is 0 Å². The fourth-order valence-electron chi connectivity index (χ4n) is 3.18. The molecule has 1 aliphatic rings. The number of hydrogen-bond donors (Lipinski definition) is 3. The summed E-state index contributed by atoms with van der Waals surface area (Å²) in [5.41, 5.74) is 3.51. The molecule has 3 heterocycles. The molecule has 3 N–H and O–H groups in total. The summed E-state index contributed by atoms with van der Waals surface area (Å²) in [6, 6.07) is 8.15. The number of imidazole rings is 1. The molecule has 2 aromatic heterocycles. The number of H-pyrrole nitrogens is 1. The van der Waals surface area contributed by atoms with E-state index in [-0.39, 0.29) is 0 Å². The second kappa shape index (κ2) is 8.41. The molecule has 0 spiro atoms. The normalized spacial score (nSPS) is 14.9. The first-order valence-electron chi connectivity index (χ1n) is 9.48. The number of hydrogen-bond acceptors (Lipinski definition) is 8. The fourth-order valence-corrected chi connectivity index (χ4v) is 3.18. The number of aromatic amines is 1. The second-order valence-corrected chi connectivity index (χ2v) is 6.96. The molecule has 1 aromatic carbocycles. The third-order valence-electron chi connectivity index (χ3n) is 4.74. The lowest BCUT2D eigenvalue weighted by Gasteiger charge is -2.26. The molecular formula is C19H26N8O. The summed E-state index contributed by atoms with van der Waals surface area (Å²) in [5.74, 6) is 1.41. The van der Waals surface area contributed by atoms with Crippen molar-refractivity contribution < 1.29 is 4.74 Å². The molecule has 0 radical (unpaired) electrons. The van der Waals surface area contributed by atoms with E-state index < -0.39 is 0 Å². The van der Waals surface area contributed by atoms with Gasteiger partial charge in [0.05, 0.1) is 13.2 Å². The number of fused-ring (bicyclic) bond motifs is 1. The van der Waals surface area contributed by atoms with Crippen molar-refractivity contribution in [3.05, 3.63) is 30.6 Å². The Hall–Kier alpha value is -2.91. The molecule has 148 valence electrons. The van der Waals surface area contributed by atoms with Gasteiger partial charge in [-0.05, 0) is 18.2 Å². The van der Waals surface area contributed by atoms with Crippen molar-refractivity contribution >= 4 is 34.3 Å². The highest BCUT2D eigenvalue weighted by Gasteiger charge is 2.12. The predicted octanol–water partition coefficient (Wildman–Crippen LogP) is 1.91. The molecule has 9 heteroatoms. The molecule has 0 amide bonds. The average molecular weight is 382 g/mol. The van der Waals surface area contributed by atoms with E-state index in [9.17, 15) is 0 Å². The first-order chi connectivity index (χ1) is 13.7. The largest absolute Gasteiger partial charge is 0.379 e. The Kier molecular flexibility index (Phi) is 5.54. The maximum atomic E-state index is 5.39. The van der Waals surface area contributed by atoms with Crippen LogP contribution in [0.15, 0.2) is 30.6 Å². The van der Waals surface area contributed by atoms with Crippen molar-refractivity contribution in [1.82, 2.24) is 24.8 Å². The van der Waals surface area contributed by atoms with Crippen molar-refractivity contribution in [3.63, 3.8) is 0 Å². The number of rotatable bonds is 7. The van der Waals surface area contributed by atoms with Gasteiger partial charge in [0.25, 0.3) is 0 Å². The first-order valence-corrected chi connectivity index (χ1v) is 9.48. The smallest absolute Gasteiger partial charge is 0.207 e. The van der Waals surface area contributed by atoms with Crippen LogP contribution in [0, 0.1) is 0 Å². The maximum Gasteiger partial charge on any atom is 0.207 e. The lowest BCUT2D eigenvalue weighted by molar-refractivity contribution is 0.0398. The highest BCUT2D eigenvalue weighted by atomic mass is 16.5. The SMILES string of the molecule is CN(C)c1cccc(Nc2nc3ncnc(NCCN4CCOCC4)c3[nH]2)c1. The van der Waals surface area contributed by atoms with Gasteiger partial charge in [0, 0.05) is 51.6 Å². The molecule has 9 nitrogen and oxygen atoms in total. The van der Waals surface area contributed by atoms with Gasteiger partial charge in [-0.2, -0.15) is 4.98 Å². The Labute approximate surface area is 164 Å². The van der Waals surface area contributed by atoms with Crippen LogP contribution in [0.1, 0.15) is 0 Å². The van der Waals surface area contributed by atoms with Gasteiger partial charge in [0.1, 0.15) is 11.8 Å². The molecule has 0 unspecified atom stereocenters. The van der Waals surface area contributed by atoms with Crippen LogP contribution in [0.5, 0.6) is 0 Å². The molecule has 0 aliphatic carbocycles. The number of anilines is 4. The number of benzene rings is 1. The number of ether oxygens (including phenoxy) is 1. The quantitative estimate of drug-likeness (QED) is 0.570. The fraction of sp³-hybridized carbons (Fsp3) is 0.421. The highest BCUT2D eigenvalue weighted by Crippen LogP contribution is 2.23. The number of nitrogens with zero attached hydrogens (tertiary/aromatic N) is 5. The summed E-state index contributed by atoms with van der Waals surface area (Å²) in [6.45, 7) is 5.32. The number of morpholine rings is 1. The molecule has 1 aliphatic heterocycles. The van der Waals surface area contributed by atoms with Crippen molar-refractivity contribution in [2.75, 3.05) is 69.0 Å². The van der Waals surface area contributed by atoms with E-state index in [0.717, 1.165) is 62.1 Å². The Morgan fingerprint density at radius 3 is 2.89 bits per heavy atom. The molecule has 0 atom stereocenters. The average Bonchev–Trinajstić information content (AvgIpc) is 3.12. The lowest BCUT2D eigenvalue weighted by atomic mass is 10.2. The van der Waals surface area contributed by atoms with Gasteiger partial charge in [-0.3, -0.25) is 4.90 Å². The van der Waals surface area contributed by atoms with Gasteiger partial charge in [0.15, 0.2) is 11.5 Å². The minimum absolute atomic E-state index is 0.634. The van der Waals surface area contributed by atoms with Crippen LogP contribution in [0.25, 0.3) is 11.2 Å². The highest BCUT2D eigenvalue weighted by molar-refractivity contribution is 5.85. The molecule has 1 saturated heterocycles. The maximum absolute atomic E-state index is 5.39. The third kappa shape index (κ3) is 4.32. The predicted molar refractivity (Wildman–Crippen MR) is 111 cm³/mol.